The topological polar surface area (TPSA) is 0 Å². The van der Waals surface area contributed by atoms with Crippen LogP contribution in [0.25, 0.3) is 0 Å². The van der Waals surface area contributed by atoms with Crippen molar-refractivity contribution in [3.8, 4) is 0 Å². The van der Waals surface area contributed by atoms with Gasteiger partial charge in [-0.15, -0.1) is 0 Å². The number of nitrogens with zero attached hydrogens (tertiary/aromatic N) is 1. The highest BCUT2D eigenvalue weighted by Gasteiger charge is 2.26. The van der Waals surface area contributed by atoms with Gasteiger partial charge in [-0.3, -0.25) is 0 Å². The minimum Gasteiger partial charge on any atom is -1.00 e. The summed E-state index contributed by atoms with van der Waals surface area (Å²) >= 11 is 0. The van der Waals surface area contributed by atoms with Gasteiger partial charge in [0.25, 0.3) is 0 Å². The number of quaternary nitrogens is 1. The maximum Gasteiger partial charge on any atom is 0.133 e. The molecule has 0 heterocycles. The first kappa shape index (κ1) is 30.2. The second-order valence-electron chi connectivity index (χ2n) is 9.90. The molecular formula is C29H52ClN. The van der Waals surface area contributed by atoms with Gasteiger partial charge in [-0.2, -0.15) is 0 Å². The zero-order valence-electron chi connectivity index (χ0n) is 21.1. The van der Waals surface area contributed by atoms with Gasteiger partial charge in [-0.25, -0.2) is 0 Å². The molecule has 1 aromatic rings. The zero-order valence-corrected chi connectivity index (χ0v) is 21.9. The molecule has 0 aliphatic rings. The first-order valence-corrected chi connectivity index (χ1v) is 13.1. The van der Waals surface area contributed by atoms with E-state index in [4.69, 9.17) is 0 Å². The Bertz CT molecular complexity index is 511. The quantitative estimate of drug-likeness (QED) is 0.125. The molecule has 1 unspecified atom stereocenters. The summed E-state index contributed by atoms with van der Waals surface area (Å²) in [6, 6.07) is 11.2. The van der Waals surface area contributed by atoms with E-state index in [-0.39, 0.29) is 12.4 Å². The number of rotatable bonds is 20. The molecule has 1 rings (SSSR count). The Morgan fingerprint density at radius 3 is 1.45 bits per heavy atom. The molecule has 0 aliphatic heterocycles. The van der Waals surface area contributed by atoms with Crippen LogP contribution in [0.15, 0.2) is 43.0 Å². The predicted octanol–water partition coefficient (Wildman–Crippen LogP) is 6.26. The Morgan fingerprint density at radius 2 is 1.06 bits per heavy atom. The number of likely N-dealkylation sites (N-methyl/N-ethyl adjacent to an activating group) is 1. The second-order valence-corrected chi connectivity index (χ2v) is 9.90. The zero-order chi connectivity index (χ0) is 21.9. The van der Waals surface area contributed by atoms with Crippen molar-refractivity contribution in [2.24, 2.45) is 0 Å². The predicted molar refractivity (Wildman–Crippen MR) is 136 cm³/mol. The molecule has 2 heteroatoms. The number of halogens is 1. The van der Waals surface area contributed by atoms with Gasteiger partial charge in [0.05, 0.1) is 20.6 Å². The van der Waals surface area contributed by atoms with Crippen LogP contribution in [0, 0.1) is 0 Å². The first-order chi connectivity index (χ1) is 14.6. The van der Waals surface area contributed by atoms with Crippen LogP contribution in [0.5, 0.6) is 0 Å². The Hall–Kier alpha value is -0.790. The fourth-order valence-electron chi connectivity index (χ4n) is 4.68. The Balaban J connectivity index is 0.00000900. The molecule has 0 N–H and O–H groups in total. The van der Waals surface area contributed by atoms with Gasteiger partial charge >= 0.3 is 0 Å². The van der Waals surface area contributed by atoms with E-state index >= 15 is 0 Å². The molecule has 180 valence electrons. The second kappa shape index (κ2) is 19.9. The molecule has 0 saturated heterocycles. The van der Waals surface area contributed by atoms with Crippen molar-refractivity contribution in [1.82, 2.24) is 0 Å². The average molecular weight is 450 g/mol. The van der Waals surface area contributed by atoms with E-state index in [1.165, 1.54) is 115 Å². The molecule has 1 atom stereocenters. The minimum atomic E-state index is 0. The lowest BCUT2D eigenvalue weighted by Crippen LogP contribution is -3.00. The monoisotopic (exact) mass is 449 g/mol. The van der Waals surface area contributed by atoms with Crippen LogP contribution in [0.3, 0.4) is 0 Å². The third-order valence-electron chi connectivity index (χ3n) is 6.71. The maximum absolute atomic E-state index is 4.11. The number of unbranched alkanes of at least 4 members (excludes halogenated alkanes) is 15. The van der Waals surface area contributed by atoms with Gasteiger partial charge in [0.1, 0.15) is 6.04 Å². The van der Waals surface area contributed by atoms with Crippen LogP contribution in [0.4, 0.5) is 0 Å². The van der Waals surface area contributed by atoms with Gasteiger partial charge in [0.15, 0.2) is 0 Å². The lowest BCUT2D eigenvalue weighted by molar-refractivity contribution is -0.914. The smallest absolute Gasteiger partial charge is 0.133 e. The Morgan fingerprint density at radius 1 is 0.677 bits per heavy atom. The van der Waals surface area contributed by atoms with E-state index in [9.17, 15) is 0 Å². The van der Waals surface area contributed by atoms with Crippen LogP contribution in [-0.2, 0) is 0 Å². The molecule has 0 fully saturated rings. The number of benzene rings is 1. The molecule has 0 saturated carbocycles. The van der Waals surface area contributed by atoms with Crippen molar-refractivity contribution in [2.75, 3.05) is 20.6 Å². The van der Waals surface area contributed by atoms with E-state index < -0.39 is 0 Å². The standard InChI is InChI=1S/C29H52N.ClH/c1-5-7-8-9-10-11-12-13-14-15-16-17-18-19-20-24-27-30(3,4)29(6-2)28-25-22-21-23-26-28;/h6,21-23,25-26,29H,2,5,7-20,24,27H2,1,3-4H3;1H/q+1;/p-1. The molecule has 0 aliphatic carbocycles. The highest BCUT2D eigenvalue weighted by atomic mass is 35.5. The maximum atomic E-state index is 4.11. The van der Waals surface area contributed by atoms with Crippen molar-refractivity contribution < 1.29 is 16.9 Å². The van der Waals surface area contributed by atoms with Gasteiger partial charge in [0.2, 0.25) is 0 Å². The molecule has 0 radical (unpaired) electrons. The molecular weight excluding hydrogens is 398 g/mol. The minimum absolute atomic E-state index is 0. The van der Waals surface area contributed by atoms with Crippen molar-refractivity contribution >= 4 is 0 Å². The molecule has 1 nitrogen and oxygen atoms in total. The highest BCUT2D eigenvalue weighted by molar-refractivity contribution is 5.20. The number of hydrogen-bond donors (Lipinski definition) is 0. The van der Waals surface area contributed by atoms with E-state index in [2.05, 4.69) is 64.0 Å². The fraction of sp³-hybridized carbons (Fsp3) is 0.724. The average Bonchev–Trinajstić information content (AvgIpc) is 2.74. The lowest BCUT2D eigenvalue weighted by atomic mass is 10.0. The normalized spacial score (nSPS) is 12.4. The van der Waals surface area contributed by atoms with Crippen molar-refractivity contribution in [2.45, 2.75) is 116 Å². The highest BCUT2D eigenvalue weighted by Crippen LogP contribution is 2.27. The molecule has 0 aromatic heterocycles. The Kier molecular flexibility index (Phi) is 19.4. The molecule has 0 spiro atoms. The summed E-state index contributed by atoms with van der Waals surface area (Å²) in [6.45, 7) is 7.64. The van der Waals surface area contributed by atoms with Gasteiger partial charge in [-0.05, 0) is 18.9 Å². The summed E-state index contributed by atoms with van der Waals surface area (Å²) < 4.78 is 1.01. The van der Waals surface area contributed by atoms with Gasteiger partial charge in [0, 0.05) is 5.56 Å². The van der Waals surface area contributed by atoms with Gasteiger partial charge < -0.3 is 16.9 Å². The van der Waals surface area contributed by atoms with E-state index in [0.29, 0.717) is 6.04 Å². The van der Waals surface area contributed by atoms with E-state index in [1.807, 2.05) is 0 Å². The van der Waals surface area contributed by atoms with E-state index in [1.54, 1.807) is 0 Å². The lowest BCUT2D eigenvalue weighted by Gasteiger charge is -2.37. The largest absolute Gasteiger partial charge is 1.00 e. The SMILES string of the molecule is C=CC(c1ccccc1)[N+](C)(C)CCCCCCCCCCCCCCCCCC.[Cl-]. The van der Waals surface area contributed by atoms with Gasteiger partial charge in [-0.1, -0.05) is 134 Å². The molecule has 1 aromatic carbocycles. The summed E-state index contributed by atoms with van der Waals surface area (Å²) in [7, 11) is 4.70. The summed E-state index contributed by atoms with van der Waals surface area (Å²) in [5, 5.41) is 0. The molecule has 0 bridgehead atoms. The number of hydrogen-bond acceptors (Lipinski definition) is 0. The molecule has 0 amide bonds. The van der Waals surface area contributed by atoms with Crippen LogP contribution in [0.2, 0.25) is 0 Å². The van der Waals surface area contributed by atoms with Crippen molar-refractivity contribution in [3.63, 3.8) is 0 Å². The Labute approximate surface area is 201 Å². The van der Waals surface area contributed by atoms with Crippen LogP contribution >= 0.6 is 0 Å². The molecule has 31 heavy (non-hydrogen) atoms. The third-order valence-corrected chi connectivity index (χ3v) is 6.71. The third kappa shape index (κ3) is 14.8. The summed E-state index contributed by atoms with van der Waals surface area (Å²) in [5.41, 5.74) is 1.38. The fourth-order valence-corrected chi connectivity index (χ4v) is 4.68. The van der Waals surface area contributed by atoms with Crippen LogP contribution in [0.1, 0.15) is 121 Å². The van der Waals surface area contributed by atoms with E-state index in [0.717, 1.165) is 4.48 Å². The van der Waals surface area contributed by atoms with Crippen molar-refractivity contribution in [1.29, 1.82) is 0 Å². The van der Waals surface area contributed by atoms with Crippen molar-refractivity contribution in [3.05, 3.63) is 48.6 Å². The first-order valence-electron chi connectivity index (χ1n) is 13.1. The summed E-state index contributed by atoms with van der Waals surface area (Å²) in [5.74, 6) is 0. The summed E-state index contributed by atoms with van der Waals surface area (Å²) in [6.07, 6.45) is 25.0. The summed E-state index contributed by atoms with van der Waals surface area (Å²) in [4.78, 5) is 0. The van der Waals surface area contributed by atoms with Crippen LogP contribution in [-0.4, -0.2) is 25.1 Å². The van der Waals surface area contributed by atoms with Crippen LogP contribution < -0.4 is 12.4 Å².